The van der Waals surface area contributed by atoms with E-state index in [2.05, 4.69) is 43.0 Å². The van der Waals surface area contributed by atoms with Gasteiger partial charge in [-0.2, -0.15) is 0 Å². The lowest BCUT2D eigenvalue weighted by Crippen LogP contribution is -2.36. The van der Waals surface area contributed by atoms with Crippen LogP contribution in [0.15, 0.2) is 104 Å². The van der Waals surface area contributed by atoms with Gasteiger partial charge in [0.05, 0.1) is 12.7 Å². The fraction of sp³-hybridized carbons (Fsp3) is 0.259. The molecule has 2 unspecified atom stereocenters. The average Bonchev–Trinajstić information content (AvgIpc) is 2.81. The van der Waals surface area contributed by atoms with Crippen LogP contribution in [0, 0.1) is 5.92 Å². The Morgan fingerprint density at radius 3 is 1.60 bits per heavy atom. The third-order valence-electron chi connectivity index (χ3n) is 5.40. The molecule has 0 aliphatic heterocycles. The van der Waals surface area contributed by atoms with Crippen LogP contribution in [0.3, 0.4) is 0 Å². The standard InChI is InChI=1S/C27H30O3/c1-2-12-22(20-28)19-26(29)21-30-27(23-13-6-3-7-14-23,24-15-8-4-9-16-24)25-17-10-5-11-18-25/h2-11,13-18,22,26,28-29H,1,12,19-21H2. The van der Waals surface area contributed by atoms with Crippen LogP contribution in [0.2, 0.25) is 0 Å². The fourth-order valence-electron chi connectivity index (χ4n) is 3.92. The van der Waals surface area contributed by atoms with E-state index < -0.39 is 11.7 Å². The number of aliphatic hydroxyl groups excluding tert-OH is 2. The van der Waals surface area contributed by atoms with Gasteiger partial charge < -0.3 is 14.9 Å². The molecule has 0 aliphatic rings. The van der Waals surface area contributed by atoms with E-state index in [1.54, 1.807) is 6.08 Å². The molecule has 0 heterocycles. The highest BCUT2D eigenvalue weighted by molar-refractivity contribution is 5.47. The second-order valence-corrected chi connectivity index (χ2v) is 7.55. The molecule has 3 aromatic rings. The smallest absolute Gasteiger partial charge is 0.143 e. The lowest BCUT2D eigenvalue weighted by Gasteiger charge is -2.36. The van der Waals surface area contributed by atoms with Gasteiger partial charge in [0.15, 0.2) is 0 Å². The third-order valence-corrected chi connectivity index (χ3v) is 5.40. The highest BCUT2D eigenvalue weighted by Crippen LogP contribution is 2.40. The molecule has 2 atom stereocenters. The maximum absolute atomic E-state index is 10.7. The van der Waals surface area contributed by atoms with Crippen LogP contribution in [0.4, 0.5) is 0 Å². The molecule has 0 aliphatic carbocycles. The summed E-state index contributed by atoms with van der Waals surface area (Å²) in [6.45, 7) is 3.90. The molecule has 0 amide bonds. The van der Waals surface area contributed by atoms with Gasteiger partial charge in [-0.3, -0.25) is 0 Å². The number of ether oxygens (including phenoxy) is 1. The topological polar surface area (TPSA) is 49.7 Å². The molecule has 3 heteroatoms. The van der Waals surface area contributed by atoms with Crippen molar-refractivity contribution in [3.05, 3.63) is 120 Å². The van der Waals surface area contributed by atoms with Crippen LogP contribution in [0.25, 0.3) is 0 Å². The van der Waals surface area contributed by atoms with Crippen LogP contribution in [0.1, 0.15) is 29.5 Å². The second-order valence-electron chi connectivity index (χ2n) is 7.55. The Morgan fingerprint density at radius 1 is 0.800 bits per heavy atom. The number of hydrogen-bond acceptors (Lipinski definition) is 3. The Balaban J connectivity index is 2.00. The summed E-state index contributed by atoms with van der Waals surface area (Å²) in [6, 6.07) is 30.3. The molecule has 3 aromatic carbocycles. The van der Waals surface area contributed by atoms with E-state index in [4.69, 9.17) is 4.74 Å². The molecule has 2 N–H and O–H groups in total. The monoisotopic (exact) mass is 402 g/mol. The van der Waals surface area contributed by atoms with Gasteiger partial charge in [0.1, 0.15) is 5.60 Å². The number of benzene rings is 3. The lowest BCUT2D eigenvalue weighted by molar-refractivity contribution is -0.0459. The Morgan fingerprint density at radius 2 is 1.23 bits per heavy atom. The zero-order valence-corrected chi connectivity index (χ0v) is 17.2. The highest BCUT2D eigenvalue weighted by atomic mass is 16.5. The second kappa shape index (κ2) is 10.9. The summed E-state index contributed by atoms with van der Waals surface area (Å²) < 4.78 is 6.62. The first kappa shape index (κ1) is 22.0. The Bertz CT molecular complexity index is 781. The van der Waals surface area contributed by atoms with Gasteiger partial charge in [0.25, 0.3) is 0 Å². The largest absolute Gasteiger partial charge is 0.396 e. The Hall–Kier alpha value is -2.72. The molecule has 3 nitrogen and oxygen atoms in total. The molecule has 0 aromatic heterocycles. The molecular weight excluding hydrogens is 372 g/mol. The summed E-state index contributed by atoms with van der Waals surface area (Å²) in [7, 11) is 0. The predicted octanol–water partition coefficient (Wildman–Crippen LogP) is 4.93. The Kier molecular flexibility index (Phi) is 7.97. The van der Waals surface area contributed by atoms with Crippen molar-refractivity contribution in [2.45, 2.75) is 24.5 Å². The zero-order valence-electron chi connectivity index (χ0n) is 17.2. The summed E-state index contributed by atoms with van der Waals surface area (Å²) >= 11 is 0. The molecule has 30 heavy (non-hydrogen) atoms. The molecule has 0 saturated carbocycles. The van der Waals surface area contributed by atoms with Crippen LogP contribution in [-0.4, -0.2) is 29.5 Å². The fourth-order valence-corrected chi connectivity index (χ4v) is 3.92. The van der Waals surface area contributed by atoms with Crippen molar-refractivity contribution in [3.63, 3.8) is 0 Å². The van der Waals surface area contributed by atoms with E-state index in [9.17, 15) is 10.2 Å². The average molecular weight is 403 g/mol. The van der Waals surface area contributed by atoms with Gasteiger partial charge in [-0.05, 0) is 35.4 Å². The van der Waals surface area contributed by atoms with Crippen LogP contribution in [-0.2, 0) is 10.3 Å². The first-order chi connectivity index (χ1) is 14.7. The van der Waals surface area contributed by atoms with Gasteiger partial charge in [-0.25, -0.2) is 0 Å². The van der Waals surface area contributed by atoms with Gasteiger partial charge in [0.2, 0.25) is 0 Å². The molecule has 0 spiro atoms. The maximum Gasteiger partial charge on any atom is 0.143 e. The first-order valence-electron chi connectivity index (χ1n) is 10.4. The van der Waals surface area contributed by atoms with Crippen molar-refractivity contribution < 1.29 is 14.9 Å². The minimum absolute atomic E-state index is 0.0181. The highest BCUT2D eigenvalue weighted by Gasteiger charge is 2.38. The van der Waals surface area contributed by atoms with Gasteiger partial charge in [-0.15, -0.1) is 6.58 Å². The third kappa shape index (κ3) is 5.06. The summed E-state index contributed by atoms with van der Waals surface area (Å²) in [5.41, 5.74) is 2.15. The van der Waals surface area contributed by atoms with Crippen molar-refractivity contribution in [1.29, 1.82) is 0 Å². The van der Waals surface area contributed by atoms with Gasteiger partial charge in [0, 0.05) is 6.61 Å². The minimum atomic E-state index is -0.849. The van der Waals surface area contributed by atoms with E-state index in [0.717, 1.165) is 16.7 Å². The number of hydrogen-bond donors (Lipinski definition) is 2. The van der Waals surface area contributed by atoms with Crippen molar-refractivity contribution in [3.8, 4) is 0 Å². The van der Waals surface area contributed by atoms with Crippen LogP contribution in [0.5, 0.6) is 0 Å². The molecule has 156 valence electrons. The van der Waals surface area contributed by atoms with Crippen LogP contribution < -0.4 is 0 Å². The maximum atomic E-state index is 10.7. The lowest BCUT2D eigenvalue weighted by atomic mass is 9.80. The molecule has 0 bridgehead atoms. The molecule has 0 saturated heterocycles. The summed E-state index contributed by atoms with van der Waals surface area (Å²) in [6.07, 6.45) is 2.19. The molecule has 3 rings (SSSR count). The zero-order chi connectivity index (χ0) is 21.2. The summed E-state index contributed by atoms with van der Waals surface area (Å²) in [4.78, 5) is 0. The molecular formula is C27H30O3. The normalized spacial score (nSPS) is 13.5. The van der Waals surface area contributed by atoms with Gasteiger partial charge in [-0.1, -0.05) is 97.1 Å². The quantitative estimate of drug-likeness (QED) is 0.353. The Labute approximate surface area is 179 Å². The van der Waals surface area contributed by atoms with Crippen molar-refractivity contribution in [1.82, 2.24) is 0 Å². The van der Waals surface area contributed by atoms with E-state index >= 15 is 0 Å². The predicted molar refractivity (Wildman–Crippen MR) is 121 cm³/mol. The minimum Gasteiger partial charge on any atom is -0.396 e. The SMILES string of the molecule is C=CCC(CO)CC(O)COC(c1ccccc1)(c1ccccc1)c1ccccc1. The first-order valence-corrected chi connectivity index (χ1v) is 10.4. The van der Waals surface area contributed by atoms with E-state index in [-0.39, 0.29) is 19.1 Å². The van der Waals surface area contributed by atoms with E-state index in [0.29, 0.717) is 12.8 Å². The van der Waals surface area contributed by atoms with E-state index in [1.165, 1.54) is 0 Å². The van der Waals surface area contributed by atoms with Crippen molar-refractivity contribution in [2.24, 2.45) is 5.92 Å². The van der Waals surface area contributed by atoms with E-state index in [1.807, 2.05) is 54.6 Å². The van der Waals surface area contributed by atoms with Crippen LogP contribution >= 0.6 is 0 Å². The number of aliphatic hydroxyl groups is 2. The van der Waals surface area contributed by atoms with Crippen molar-refractivity contribution >= 4 is 0 Å². The summed E-state index contributed by atoms with van der Waals surface area (Å²) in [5, 5.41) is 20.3. The number of rotatable bonds is 11. The van der Waals surface area contributed by atoms with Gasteiger partial charge >= 0.3 is 0 Å². The molecule has 0 fully saturated rings. The summed E-state index contributed by atoms with van der Waals surface area (Å²) in [5.74, 6) is -0.0272. The molecule has 0 radical (unpaired) electrons. The number of allylic oxidation sites excluding steroid dienone is 1. The van der Waals surface area contributed by atoms with Crippen molar-refractivity contribution in [2.75, 3.05) is 13.2 Å².